The Balaban J connectivity index is 1.62. The van der Waals surface area contributed by atoms with Crippen molar-refractivity contribution in [1.82, 2.24) is 10.6 Å². The number of aryl methyl sites for hydroxylation is 1. The Morgan fingerprint density at radius 3 is 2.50 bits per heavy atom. The van der Waals surface area contributed by atoms with Crippen molar-refractivity contribution in [3.05, 3.63) is 46.2 Å². The Labute approximate surface area is 155 Å². The summed E-state index contributed by atoms with van der Waals surface area (Å²) < 4.78 is 5.24. The molecule has 26 heavy (non-hydrogen) atoms. The number of carbonyl (C=O) groups is 3. The maximum atomic E-state index is 12.5. The number of rotatable bonds is 5. The van der Waals surface area contributed by atoms with Crippen LogP contribution < -0.4 is 10.6 Å². The zero-order chi connectivity index (χ0) is 18.7. The molecule has 1 heterocycles. The van der Waals surface area contributed by atoms with Crippen LogP contribution in [0, 0.1) is 6.92 Å². The highest BCUT2D eigenvalue weighted by molar-refractivity contribution is 7.12. The zero-order valence-electron chi connectivity index (χ0n) is 14.6. The molecule has 1 atom stereocenters. The van der Waals surface area contributed by atoms with Gasteiger partial charge in [0.15, 0.2) is 6.10 Å². The zero-order valence-corrected chi connectivity index (χ0v) is 15.4. The number of thiophene rings is 1. The molecule has 136 valence electrons. The first-order chi connectivity index (χ1) is 12.4. The van der Waals surface area contributed by atoms with Gasteiger partial charge < -0.3 is 10.1 Å². The summed E-state index contributed by atoms with van der Waals surface area (Å²) in [5, 5.41) is 6.64. The van der Waals surface area contributed by atoms with E-state index in [-0.39, 0.29) is 6.04 Å². The molecule has 1 aromatic carbocycles. The summed E-state index contributed by atoms with van der Waals surface area (Å²) in [5.74, 6) is -1.23. The number of hydrogen-bond donors (Lipinski definition) is 2. The molecule has 0 bridgehead atoms. The van der Waals surface area contributed by atoms with E-state index >= 15 is 0 Å². The summed E-state index contributed by atoms with van der Waals surface area (Å²) in [6.45, 7) is 3.43. The number of benzene rings is 1. The predicted octanol–water partition coefficient (Wildman–Crippen LogP) is 3.26. The van der Waals surface area contributed by atoms with Gasteiger partial charge in [-0.2, -0.15) is 0 Å². The van der Waals surface area contributed by atoms with Gasteiger partial charge in [0.1, 0.15) is 4.88 Å². The number of carbonyl (C=O) groups excluding carboxylic acids is 3. The summed E-state index contributed by atoms with van der Waals surface area (Å²) in [6, 6.07) is 9.24. The molecular weight excluding hydrogens is 352 g/mol. The minimum absolute atomic E-state index is 0.142. The fourth-order valence-electron chi connectivity index (χ4n) is 2.36. The lowest BCUT2D eigenvalue weighted by atomic mass is 10.1. The average molecular weight is 372 g/mol. The smallest absolute Gasteiger partial charge is 0.349 e. The Hall–Kier alpha value is -2.67. The molecule has 2 aromatic rings. The van der Waals surface area contributed by atoms with Crippen LogP contribution in [0.25, 0.3) is 11.1 Å². The first kappa shape index (κ1) is 18.1. The SMILES string of the molecule is Cc1ccc(-c2ccsc2C(=O)OC(C)C(=O)NC(=O)NC2CC2)cc1. The third-order valence-corrected chi connectivity index (χ3v) is 4.91. The van der Waals surface area contributed by atoms with Crippen molar-refractivity contribution in [2.75, 3.05) is 0 Å². The van der Waals surface area contributed by atoms with E-state index in [1.54, 1.807) is 5.38 Å². The molecule has 3 amide bonds. The van der Waals surface area contributed by atoms with E-state index in [2.05, 4.69) is 10.6 Å². The van der Waals surface area contributed by atoms with Crippen LogP contribution in [0.4, 0.5) is 4.79 Å². The Morgan fingerprint density at radius 2 is 1.85 bits per heavy atom. The van der Waals surface area contributed by atoms with Crippen LogP contribution in [-0.4, -0.2) is 30.1 Å². The van der Waals surface area contributed by atoms with Gasteiger partial charge in [0.2, 0.25) is 0 Å². The van der Waals surface area contributed by atoms with Crippen LogP contribution in [0.15, 0.2) is 35.7 Å². The van der Waals surface area contributed by atoms with Gasteiger partial charge in [0, 0.05) is 11.6 Å². The maximum Gasteiger partial charge on any atom is 0.349 e. The van der Waals surface area contributed by atoms with Crippen LogP contribution >= 0.6 is 11.3 Å². The number of amides is 3. The fourth-order valence-corrected chi connectivity index (χ4v) is 3.16. The topological polar surface area (TPSA) is 84.5 Å². The maximum absolute atomic E-state index is 12.5. The van der Waals surface area contributed by atoms with Crippen LogP contribution in [-0.2, 0) is 9.53 Å². The van der Waals surface area contributed by atoms with Gasteiger partial charge >= 0.3 is 12.0 Å². The average Bonchev–Trinajstić information content (AvgIpc) is 3.27. The van der Waals surface area contributed by atoms with Crippen LogP contribution in [0.5, 0.6) is 0 Å². The Bertz CT molecular complexity index is 824. The number of esters is 1. The van der Waals surface area contributed by atoms with Crippen molar-refractivity contribution in [3.63, 3.8) is 0 Å². The van der Waals surface area contributed by atoms with E-state index < -0.39 is 24.0 Å². The third kappa shape index (κ3) is 4.49. The molecular formula is C19H20N2O4S. The number of imide groups is 1. The van der Waals surface area contributed by atoms with Gasteiger partial charge in [-0.15, -0.1) is 11.3 Å². The summed E-state index contributed by atoms with van der Waals surface area (Å²) in [4.78, 5) is 36.5. The molecule has 1 aliphatic carbocycles. The molecule has 3 rings (SSSR count). The van der Waals surface area contributed by atoms with Gasteiger partial charge in [0.25, 0.3) is 5.91 Å². The number of nitrogens with one attached hydrogen (secondary N) is 2. The molecule has 0 saturated heterocycles. The van der Waals surface area contributed by atoms with Crippen molar-refractivity contribution in [2.45, 2.75) is 38.8 Å². The molecule has 0 radical (unpaired) electrons. The Morgan fingerprint density at radius 1 is 1.15 bits per heavy atom. The first-order valence-corrected chi connectivity index (χ1v) is 9.29. The largest absolute Gasteiger partial charge is 0.448 e. The quantitative estimate of drug-likeness (QED) is 0.789. The molecule has 7 heteroatoms. The molecule has 1 unspecified atom stereocenters. The number of ether oxygens (including phenoxy) is 1. The Kier molecular flexibility index (Phi) is 5.37. The molecule has 1 fully saturated rings. The number of urea groups is 1. The van der Waals surface area contributed by atoms with Crippen LogP contribution in [0.3, 0.4) is 0 Å². The fraction of sp³-hybridized carbons (Fsp3) is 0.316. The van der Waals surface area contributed by atoms with Crippen molar-refractivity contribution in [1.29, 1.82) is 0 Å². The van der Waals surface area contributed by atoms with Crippen molar-refractivity contribution >= 4 is 29.2 Å². The molecule has 1 aliphatic rings. The second kappa shape index (κ2) is 7.70. The summed E-state index contributed by atoms with van der Waals surface area (Å²) in [7, 11) is 0. The minimum Gasteiger partial charge on any atom is -0.448 e. The summed E-state index contributed by atoms with van der Waals surface area (Å²) >= 11 is 1.26. The first-order valence-electron chi connectivity index (χ1n) is 8.41. The highest BCUT2D eigenvalue weighted by atomic mass is 32.1. The minimum atomic E-state index is -1.07. The number of hydrogen-bond acceptors (Lipinski definition) is 5. The van der Waals surface area contributed by atoms with E-state index in [1.807, 2.05) is 37.3 Å². The lowest BCUT2D eigenvalue weighted by Gasteiger charge is -2.13. The monoisotopic (exact) mass is 372 g/mol. The molecule has 1 aromatic heterocycles. The van der Waals surface area contributed by atoms with Gasteiger partial charge in [0.05, 0.1) is 0 Å². The van der Waals surface area contributed by atoms with Crippen molar-refractivity contribution < 1.29 is 19.1 Å². The lowest BCUT2D eigenvalue weighted by Crippen LogP contribution is -2.45. The molecule has 2 N–H and O–H groups in total. The normalized spacial score (nSPS) is 14.4. The van der Waals surface area contributed by atoms with E-state index in [1.165, 1.54) is 18.3 Å². The van der Waals surface area contributed by atoms with Crippen LogP contribution in [0.2, 0.25) is 0 Å². The molecule has 1 saturated carbocycles. The molecule has 0 aliphatic heterocycles. The van der Waals surface area contributed by atoms with Crippen LogP contribution in [0.1, 0.15) is 35.0 Å². The molecule has 0 spiro atoms. The van der Waals surface area contributed by atoms with E-state index in [0.717, 1.165) is 29.5 Å². The second-order valence-electron chi connectivity index (χ2n) is 6.31. The van der Waals surface area contributed by atoms with E-state index in [9.17, 15) is 14.4 Å². The highest BCUT2D eigenvalue weighted by Gasteiger charge is 2.27. The third-order valence-electron chi connectivity index (χ3n) is 4.02. The lowest BCUT2D eigenvalue weighted by molar-refractivity contribution is -0.127. The van der Waals surface area contributed by atoms with Gasteiger partial charge in [-0.05, 0) is 43.7 Å². The van der Waals surface area contributed by atoms with Crippen molar-refractivity contribution in [2.24, 2.45) is 0 Å². The second-order valence-corrected chi connectivity index (χ2v) is 7.23. The van der Waals surface area contributed by atoms with Gasteiger partial charge in [-0.25, -0.2) is 9.59 Å². The van der Waals surface area contributed by atoms with Gasteiger partial charge in [-0.1, -0.05) is 29.8 Å². The highest BCUT2D eigenvalue weighted by Crippen LogP contribution is 2.29. The molecule has 6 nitrogen and oxygen atoms in total. The summed E-state index contributed by atoms with van der Waals surface area (Å²) in [6.07, 6.45) is 0.777. The predicted molar refractivity (Wildman–Crippen MR) is 99.1 cm³/mol. The van der Waals surface area contributed by atoms with Gasteiger partial charge in [-0.3, -0.25) is 10.1 Å². The van der Waals surface area contributed by atoms with E-state index in [0.29, 0.717) is 4.88 Å². The standard InChI is InChI=1S/C19H20N2O4S/c1-11-3-5-13(6-4-11)15-9-10-26-16(15)18(23)25-12(2)17(22)21-19(24)20-14-7-8-14/h3-6,9-10,12,14H,7-8H2,1-2H3,(H2,20,21,22,24). The van der Waals surface area contributed by atoms with Crippen molar-refractivity contribution in [3.8, 4) is 11.1 Å². The van der Waals surface area contributed by atoms with E-state index in [4.69, 9.17) is 4.74 Å². The summed E-state index contributed by atoms with van der Waals surface area (Å²) in [5.41, 5.74) is 2.80.